The van der Waals surface area contributed by atoms with Crippen LogP contribution < -0.4 is 19.7 Å². The molecule has 1 fully saturated rings. The zero-order valence-electron chi connectivity index (χ0n) is 17.5. The molecule has 0 atom stereocenters. The number of rotatable bonds is 6. The number of benzene rings is 1. The van der Waals surface area contributed by atoms with E-state index in [-0.39, 0.29) is 12.4 Å². The summed E-state index contributed by atoms with van der Waals surface area (Å²) in [6, 6.07) is 11.2. The van der Waals surface area contributed by atoms with E-state index in [1.807, 2.05) is 24.3 Å². The van der Waals surface area contributed by atoms with E-state index in [1.165, 1.54) is 6.20 Å². The van der Waals surface area contributed by atoms with E-state index < -0.39 is 12.8 Å². The summed E-state index contributed by atoms with van der Waals surface area (Å²) >= 11 is 0. The van der Waals surface area contributed by atoms with E-state index in [4.69, 9.17) is 9.47 Å². The lowest BCUT2D eigenvalue weighted by atomic mass is 10.2. The first kappa shape index (κ1) is 22.5. The molecule has 1 aliphatic heterocycles. The molecule has 10 heteroatoms. The molecular weight excluding hydrogens is 411 g/mol. The van der Waals surface area contributed by atoms with Gasteiger partial charge in [0.15, 0.2) is 12.6 Å². The molecule has 31 heavy (non-hydrogen) atoms. The summed E-state index contributed by atoms with van der Waals surface area (Å²) in [6.07, 6.45) is -3.01. The van der Waals surface area contributed by atoms with Gasteiger partial charge in [-0.25, -0.2) is 4.98 Å². The van der Waals surface area contributed by atoms with Crippen LogP contribution in [0.3, 0.4) is 0 Å². The summed E-state index contributed by atoms with van der Waals surface area (Å²) in [7, 11) is 3.34. The molecule has 3 rings (SSSR count). The first-order valence-corrected chi connectivity index (χ1v) is 9.88. The molecule has 0 saturated carbocycles. The summed E-state index contributed by atoms with van der Waals surface area (Å²) < 4.78 is 47.7. The Morgan fingerprint density at radius 1 is 1.13 bits per heavy atom. The van der Waals surface area contributed by atoms with E-state index in [0.29, 0.717) is 11.5 Å². The van der Waals surface area contributed by atoms with Gasteiger partial charge in [0.25, 0.3) is 0 Å². The molecular formula is C21H26F3N5O2. The van der Waals surface area contributed by atoms with Crippen LogP contribution in [0.15, 0.2) is 47.6 Å². The maximum atomic E-state index is 12.5. The third-order valence-electron chi connectivity index (χ3n) is 4.88. The van der Waals surface area contributed by atoms with Crippen LogP contribution in [-0.2, 0) is 6.54 Å². The van der Waals surface area contributed by atoms with Crippen molar-refractivity contribution in [2.24, 2.45) is 4.99 Å². The molecule has 1 aromatic heterocycles. The van der Waals surface area contributed by atoms with Gasteiger partial charge in [0.1, 0.15) is 5.75 Å². The molecule has 0 spiro atoms. The van der Waals surface area contributed by atoms with Crippen LogP contribution in [0.5, 0.6) is 11.6 Å². The van der Waals surface area contributed by atoms with Crippen LogP contribution >= 0.6 is 0 Å². The standard InChI is InChI=1S/C21H26F3N5O2/c1-25-20(27-14-16-6-5-9-26-19(16)31-15-21(22,23)24)29-12-10-28(11-13-29)17-7-3-4-8-18(17)30-2/h3-9H,10-15H2,1-2H3,(H,25,27). The van der Waals surface area contributed by atoms with E-state index in [2.05, 4.69) is 25.1 Å². The normalized spacial score (nSPS) is 15.1. The molecule has 2 aromatic rings. The van der Waals surface area contributed by atoms with Gasteiger partial charge >= 0.3 is 6.18 Å². The minimum absolute atomic E-state index is 0.0382. The maximum Gasteiger partial charge on any atom is 0.422 e. The van der Waals surface area contributed by atoms with Crippen LogP contribution in [0, 0.1) is 0 Å². The van der Waals surface area contributed by atoms with Crippen molar-refractivity contribution in [2.45, 2.75) is 12.7 Å². The maximum absolute atomic E-state index is 12.5. The van der Waals surface area contributed by atoms with Gasteiger partial charge < -0.3 is 24.6 Å². The van der Waals surface area contributed by atoms with Crippen molar-refractivity contribution in [2.75, 3.05) is 51.8 Å². The molecule has 168 valence electrons. The number of para-hydroxylation sites is 2. The highest BCUT2D eigenvalue weighted by atomic mass is 19.4. The molecule has 0 bridgehead atoms. The number of hydrogen-bond donors (Lipinski definition) is 1. The predicted molar refractivity (Wildman–Crippen MR) is 113 cm³/mol. The van der Waals surface area contributed by atoms with Crippen molar-refractivity contribution < 1.29 is 22.6 Å². The highest BCUT2D eigenvalue weighted by Crippen LogP contribution is 2.28. The second kappa shape index (κ2) is 10.2. The second-order valence-corrected chi connectivity index (χ2v) is 6.92. The third-order valence-corrected chi connectivity index (χ3v) is 4.88. The van der Waals surface area contributed by atoms with E-state index in [1.54, 1.807) is 26.3 Å². The smallest absolute Gasteiger partial charge is 0.422 e. The quantitative estimate of drug-likeness (QED) is 0.554. The molecule has 0 aliphatic carbocycles. The average molecular weight is 437 g/mol. The number of alkyl halides is 3. The number of methoxy groups -OCH3 is 1. The third kappa shape index (κ3) is 6.16. The summed E-state index contributed by atoms with van der Waals surface area (Å²) in [5.74, 6) is 1.47. The number of pyridine rings is 1. The van der Waals surface area contributed by atoms with Crippen LogP contribution in [0.1, 0.15) is 5.56 Å². The Morgan fingerprint density at radius 3 is 2.55 bits per heavy atom. The van der Waals surface area contributed by atoms with Crippen LogP contribution in [0.4, 0.5) is 18.9 Å². The van der Waals surface area contributed by atoms with Gasteiger partial charge in [-0.1, -0.05) is 18.2 Å². The predicted octanol–water partition coefficient (Wildman–Crippen LogP) is 2.93. The molecule has 2 heterocycles. The summed E-state index contributed by atoms with van der Waals surface area (Å²) in [4.78, 5) is 12.6. The topological polar surface area (TPSA) is 62.2 Å². The number of ether oxygens (including phenoxy) is 2. The van der Waals surface area contributed by atoms with Gasteiger partial charge in [0.05, 0.1) is 12.8 Å². The van der Waals surface area contributed by atoms with E-state index in [0.717, 1.165) is 37.6 Å². The number of guanidine groups is 1. The minimum Gasteiger partial charge on any atom is -0.495 e. The molecule has 0 radical (unpaired) electrons. The van der Waals surface area contributed by atoms with Crippen molar-refractivity contribution in [3.8, 4) is 11.6 Å². The van der Waals surface area contributed by atoms with Crippen LogP contribution in [0.25, 0.3) is 0 Å². The molecule has 1 aliphatic rings. The number of nitrogens with one attached hydrogen (secondary N) is 1. The molecule has 1 aromatic carbocycles. The fraction of sp³-hybridized carbons (Fsp3) is 0.429. The highest BCUT2D eigenvalue weighted by Gasteiger charge is 2.29. The number of aliphatic imine (C=N–C) groups is 1. The molecule has 7 nitrogen and oxygen atoms in total. The number of hydrogen-bond acceptors (Lipinski definition) is 5. The average Bonchev–Trinajstić information content (AvgIpc) is 2.78. The number of aromatic nitrogens is 1. The zero-order valence-corrected chi connectivity index (χ0v) is 17.5. The van der Waals surface area contributed by atoms with E-state index >= 15 is 0 Å². The largest absolute Gasteiger partial charge is 0.495 e. The van der Waals surface area contributed by atoms with Crippen molar-refractivity contribution in [1.82, 2.24) is 15.2 Å². The van der Waals surface area contributed by atoms with Gasteiger partial charge in [-0.05, 0) is 18.2 Å². The summed E-state index contributed by atoms with van der Waals surface area (Å²) in [5.41, 5.74) is 1.58. The number of halogens is 3. The Kier molecular flexibility index (Phi) is 7.43. The molecule has 0 amide bonds. The SMILES string of the molecule is CN=C(NCc1cccnc1OCC(F)(F)F)N1CCN(c2ccccc2OC)CC1. The zero-order chi connectivity index (χ0) is 22.3. The number of anilines is 1. The van der Waals surface area contributed by atoms with Gasteiger partial charge in [0, 0.05) is 51.5 Å². The highest BCUT2D eigenvalue weighted by molar-refractivity contribution is 5.80. The lowest BCUT2D eigenvalue weighted by Gasteiger charge is -2.38. The van der Waals surface area contributed by atoms with Crippen molar-refractivity contribution in [1.29, 1.82) is 0 Å². The minimum atomic E-state index is -4.42. The van der Waals surface area contributed by atoms with Gasteiger partial charge in [-0.2, -0.15) is 13.2 Å². The molecule has 0 unspecified atom stereocenters. The van der Waals surface area contributed by atoms with Crippen molar-refractivity contribution in [3.05, 3.63) is 48.2 Å². The van der Waals surface area contributed by atoms with E-state index in [9.17, 15) is 13.2 Å². The lowest BCUT2D eigenvalue weighted by Crippen LogP contribution is -2.52. The Hall–Kier alpha value is -3.17. The number of piperazine rings is 1. The van der Waals surface area contributed by atoms with Crippen LogP contribution in [-0.4, -0.2) is 69.0 Å². The van der Waals surface area contributed by atoms with Crippen molar-refractivity contribution in [3.63, 3.8) is 0 Å². The van der Waals surface area contributed by atoms with Gasteiger partial charge in [0.2, 0.25) is 5.88 Å². The Labute approximate surface area is 179 Å². The number of nitrogens with zero attached hydrogens (tertiary/aromatic N) is 4. The first-order valence-electron chi connectivity index (χ1n) is 9.88. The monoisotopic (exact) mass is 437 g/mol. The summed E-state index contributed by atoms with van der Waals surface area (Å²) in [6.45, 7) is 1.92. The van der Waals surface area contributed by atoms with Gasteiger partial charge in [-0.3, -0.25) is 4.99 Å². The Bertz CT molecular complexity index is 883. The van der Waals surface area contributed by atoms with Crippen LogP contribution in [0.2, 0.25) is 0 Å². The fourth-order valence-electron chi connectivity index (χ4n) is 3.40. The fourth-order valence-corrected chi connectivity index (χ4v) is 3.40. The molecule has 1 saturated heterocycles. The van der Waals surface area contributed by atoms with Gasteiger partial charge in [-0.15, -0.1) is 0 Å². The van der Waals surface area contributed by atoms with Crippen molar-refractivity contribution >= 4 is 11.6 Å². The molecule has 1 N–H and O–H groups in total. The first-order chi connectivity index (χ1) is 14.9. The Balaban J connectivity index is 1.57. The lowest BCUT2D eigenvalue weighted by molar-refractivity contribution is -0.154. The Morgan fingerprint density at radius 2 is 1.87 bits per heavy atom. The summed E-state index contributed by atoms with van der Waals surface area (Å²) in [5, 5.41) is 3.20. The second-order valence-electron chi connectivity index (χ2n) is 6.92.